The second kappa shape index (κ2) is 6.74. The van der Waals surface area contributed by atoms with Gasteiger partial charge in [-0.1, -0.05) is 46.5 Å². The summed E-state index contributed by atoms with van der Waals surface area (Å²) < 4.78 is 0. The standard InChI is InChI=1S/C16H30N2O/c1-4-5-9-14-16(19)18(11-17-14)15-10-7-6-8-13(15)12(2)3/h12-15,17H,4-11H2,1-3H3. The van der Waals surface area contributed by atoms with Crippen LogP contribution in [-0.2, 0) is 4.79 Å². The molecule has 2 rings (SSSR count). The van der Waals surface area contributed by atoms with Gasteiger partial charge < -0.3 is 4.90 Å². The molecule has 1 amide bonds. The van der Waals surface area contributed by atoms with E-state index in [9.17, 15) is 4.79 Å². The SMILES string of the molecule is CCCCC1NCN(C2CCCCC2C(C)C)C1=O. The van der Waals surface area contributed by atoms with Gasteiger partial charge in [-0.2, -0.15) is 0 Å². The van der Waals surface area contributed by atoms with Crippen molar-refractivity contribution >= 4 is 5.91 Å². The quantitative estimate of drug-likeness (QED) is 0.829. The molecule has 0 radical (unpaired) electrons. The van der Waals surface area contributed by atoms with E-state index >= 15 is 0 Å². The van der Waals surface area contributed by atoms with Crippen molar-refractivity contribution in [2.75, 3.05) is 6.67 Å². The van der Waals surface area contributed by atoms with Gasteiger partial charge >= 0.3 is 0 Å². The van der Waals surface area contributed by atoms with Crippen LogP contribution in [0.5, 0.6) is 0 Å². The number of rotatable bonds is 5. The highest BCUT2D eigenvalue weighted by Crippen LogP contribution is 2.34. The molecule has 3 nitrogen and oxygen atoms in total. The van der Waals surface area contributed by atoms with E-state index in [0.717, 1.165) is 19.5 Å². The fourth-order valence-corrected chi connectivity index (χ4v) is 3.79. The smallest absolute Gasteiger partial charge is 0.241 e. The van der Waals surface area contributed by atoms with Crippen LogP contribution in [0.25, 0.3) is 0 Å². The molecular weight excluding hydrogens is 236 g/mol. The van der Waals surface area contributed by atoms with Crippen molar-refractivity contribution in [3.05, 3.63) is 0 Å². The first-order valence-electron chi connectivity index (χ1n) is 8.19. The highest BCUT2D eigenvalue weighted by Gasteiger charge is 2.39. The van der Waals surface area contributed by atoms with Crippen molar-refractivity contribution in [3.63, 3.8) is 0 Å². The van der Waals surface area contributed by atoms with Crippen LogP contribution >= 0.6 is 0 Å². The fourth-order valence-electron chi connectivity index (χ4n) is 3.79. The van der Waals surface area contributed by atoms with E-state index in [1.807, 2.05) is 0 Å². The van der Waals surface area contributed by atoms with E-state index in [1.165, 1.54) is 32.1 Å². The van der Waals surface area contributed by atoms with Gasteiger partial charge in [0.1, 0.15) is 0 Å². The van der Waals surface area contributed by atoms with Gasteiger partial charge in [0.2, 0.25) is 5.91 Å². The maximum atomic E-state index is 12.5. The number of amides is 1. The molecule has 1 saturated heterocycles. The molecule has 1 aliphatic carbocycles. The summed E-state index contributed by atoms with van der Waals surface area (Å²) in [5.41, 5.74) is 0. The molecule has 1 heterocycles. The minimum Gasteiger partial charge on any atom is -0.325 e. The van der Waals surface area contributed by atoms with Crippen LogP contribution in [0.1, 0.15) is 65.7 Å². The van der Waals surface area contributed by atoms with Gasteiger partial charge in [-0.3, -0.25) is 10.1 Å². The zero-order valence-electron chi connectivity index (χ0n) is 12.8. The van der Waals surface area contributed by atoms with E-state index < -0.39 is 0 Å². The van der Waals surface area contributed by atoms with Crippen molar-refractivity contribution in [3.8, 4) is 0 Å². The Morgan fingerprint density at radius 3 is 2.74 bits per heavy atom. The predicted molar refractivity (Wildman–Crippen MR) is 78.7 cm³/mol. The summed E-state index contributed by atoms with van der Waals surface area (Å²) in [6.07, 6.45) is 8.46. The fraction of sp³-hybridized carbons (Fsp3) is 0.938. The molecule has 3 heteroatoms. The first kappa shape index (κ1) is 14.8. The third kappa shape index (κ3) is 3.31. The van der Waals surface area contributed by atoms with Crippen LogP contribution < -0.4 is 5.32 Å². The highest BCUT2D eigenvalue weighted by atomic mass is 16.2. The Morgan fingerprint density at radius 1 is 1.32 bits per heavy atom. The van der Waals surface area contributed by atoms with Gasteiger partial charge in [0.15, 0.2) is 0 Å². The summed E-state index contributed by atoms with van der Waals surface area (Å²) in [6, 6.07) is 0.579. The Labute approximate surface area is 118 Å². The van der Waals surface area contributed by atoms with Crippen molar-refractivity contribution in [1.29, 1.82) is 0 Å². The van der Waals surface area contributed by atoms with Crippen LogP contribution in [-0.4, -0.2) is 29.6 Å². The number of hydrogen-bond acceptors (Lipinski definition) is 2. The van der Waals surface area contributed by atoms with Crippen molar-refractivity contribution < 1.29 is 4.79 Å². The van der Waals surface area contributed by atoms with E-state index in [-0.39, 0.29) is 6.04 Å². The Kier molecular flexibility index (Phi) is 5.26. The molecule has 3 atom stereocenters. The van der Waals surface area contributed by atoms with Gasteiger partial charge in [-0.05, 0) is 31.1 Å². The van der Waals surface area contributed by atoms with Gasteiger partial charge in [-0.25, -0.2) is 0 Å². The van der Waals surface area contributed by atoms with Crippen molar-refractivity contribution in [2.45, 2.75) is 77.8 Å². The second-order valence-electron chi connectivity index (χ2n) is 6.62. The molecule has 1 saturated carbocycles. The number of unbranched alkanes of at least 4 members (excludes halogenated alkanes) is 1. The number of nitrogens with one attached hydrogen (secondary N) is 1. The normalized spacial score (nSPS) is 32.3. The number of carbonyl (C=O) groups excluding carboxylic acids is 1. The van der Waals surface area contributed by atoms with E-state index in [4.69, 9.17) is 0 Å². The van der Waals surface area contributed by atoms with Crippen LogP contribution in [0.4, 0.5) is 0 Å². The minimum absolute atomic E-state index is 0.0923. The Bertz CT molecular complexity index is 303. The zero-order valence-corrected chi connectivity index (χ0v) is 12.8. The van der Waals surface area contributed by atoms with Gasteiger partial charge in [-0.15, -0.1) is 0 Å². The lowest BCUT2D eigenvalue weighted by Crippen LogP contribution is -2.46. The molecule has 0 aromatic carbocycles. The maximum absolute atomic E-state index is 12.5. The second-order valence-corrected chi connectivity index (χ2v) is 6.62. The Hall–Kier alpha value is -0.570. The zero-order chi connectivity index (χ0) is 13.8. The minimum atomic E-state index is 0.0923. The van der Waals surface area contributed by atoms with Gasteiger partial charge in [0, 0.05) is 6.04 Å². The average Bonchev–Trinajstić information content (AvgIpc) is 2.77. The average molecular weight is 266 g/mol. The number of hydrogen-bond donors (Lipinski definition) is 1. The summed E-state index contributed by atoms with van der Waals surface area (Å²) in [5.74, 6) is 1.75. The maximum Gasteiger partial charge on any atom is 0.241 e. The molecule has 19 heavy (non-hydrogen) atoms. The van der Waals surface area contributed by atoms with Crippen LogP contribution in [0.2, 0.25) is 0 Å². The molecule has 0 bridgehead atoms. The first-order chi connectivity index (χ1) is 9.15. The van der Waals surface area contributed by atoms with Gasteiger partial charge in [0.05, 0.1) is 12.7 Å². The summed E-state index contributed by atoms with van der Waals surface area (Å²) in [6.45, 7) is 7.59. The molecule has 110 valence electrons. The molecule has 2 fully saturated rings. The third-order valence-corrected chi connectivity index (χ3v) is 4.97. The van der Waals surface area contributed by atoms with Crippen molar-refractivity contribution in [1.82, 2.24) is 10.2 Å². The molecule has 0 spiro atoms. The summed E-state index contributed by atoms with van der Waals surface area (Å²) >= 11 is 0. The predicted octanol–water partition coefficient (Wildman–Crippen LogP) is 3.15. The largest absolute Gasteiger partial charge is 0.325 e. The summed E-state index contributed by atoms with van der Waals surface area (Å²) in [5, 5.41) is 3.42. The Morgan fingerprint density at radius 2 is 2.05 bits per heavy atom. The van der Waals surface area contributed by atoms with E-state index in [2.05, 4.69) is 31.0 Å². The summed E-state index contributed by atoms with van der Waals surface area (Å²) in [7, 11) is 0. The molecule has 0 aromatic rings. The van der Waals surface area contributed by atoms with Crippen molar-refractivity contribution in [2.24, 2.45) is 11.8 Å². The summed E-state index contributed by atoms with van der Waals surface area (Å²) in [4.78, 5) is 14.7. The number of nitrogens with zero attached hydrogens (tertiary/aromatic N) is 1. The monoisotopic (exact) mass is 266 g/mol. The Balaban J connectivity index is 1.98. The highest BCUT2D eigenvalue weighted by molar-refractivity contribution is 5.84. The first-order valence-corrected chi connectivity index (χ1v) is 8.19. The van der Waals surface area contributed by atoms with E-state index in [0.29, 0.717) is 23.8 Å². The molecule has 0 aromatic heterocycles. The molecule has 2 aliphatic rings. The van der Waals surface area contributed by atoms with Crippen LogP contribution in [0, 0.1) is 11.8 Å². The van der Waals surface area contributed by atoms with Crippen LogP contribution in [0.15, 0.2) is 0 Å². The molecule has 1 aliphatic heterocycles. The lowest BCUT2D eigenvalue weighted by Gasteiger charge is -2.39. The van der Waals surface area contributed by atoms with Crippen LogP contribution in [0.3, 0.4) is 0 Å². The van der Waals surface area contributed by atoms with Gasteiger partial charge in [0.25, 0.3) is 0 Å². The topological polar surface area (TPSA) is 32.3 Å². The molecular formula is C16H30N2O. The molecule has 1 N–H and O–H groups in total. The lowest BCUT2D eigenvalue weighted by molar-refractivity contribution is -0.133. The van der Waals surface area contributed by atoms with E-state index in [1.54, 1.807) is 0 Å². The lowest BCUT2D eigenvalue weighted by atomic mass is 9.77. The number of carbonyl (C=O) groups is 1. The molecule has 3 unspecified atom stereocenters. The third-order valence-electron chi connectivity index (χ3n) is 4.97.